The molecule has 1 aliphatic carbocycles. The van der Waals surface area contributed by atoms with Crippen molar-refractivity contribution in [1.82, 2.24) is 10.2 Å². The molecule has 0 amide bonds. The predicted molar refractivity (Wildman–Crippen MR) is 108 cm³/mol. The highest BCUT2D eigenvalue weighted by Crippen LogP contribution is 2.25. The first kappa shape index (κ1) is 20.0. The SMILES string of the molecule is CC(C)CC1CCN(C(=NCC2CCS(=O)(=O)C2)NC2CCCCC2)C1. The first-order chi connectivity index (χ1) is 12.4. The van der Waals surface area contributed by atoms with Gasteiger partial charge in [-0.05, 0) is 49.9 Å². The summed E-state index contributed by atoms with van der Waals surface area (Å²) >= 11 is 0. The van der Waals surface area contributed by atoms with Gasteiger partial charge in [-0.3, -0.25) is 4.99 Å². The predicted octanol–water partition coefficient (Wildman–Crippen LogP) is 3.07. The monoisotopic (exact) mass is 383 g/mol. The van der Waals surface area contributed by atoms with Crippen molar-refractivity contribution in [3.63, 3.8) is 0 Å². The van der Waals surface area contributed by atoms with Crippen LogP contribution in [0, 0.1) is 17.8 Å². The van der Waals surface area contributed by atoms with Gasteiger partial charge < -0.3 is 10.2 Å². The van der Waals surface area contributed by atoms with E-state index < -0.39 is 9.84 Å². The second-order valence-electron chi connectivity index (χ2n) is 9.14. The number of likely N-dealkylation sites (tertiary alicyclic amines) is 1. The van der Waals surface area contributed by atoms with E-state index in [1.807, 2.05) is 0 Å². The number of rotatable bonds is 5. The van der Waals surface area contributed by atoms with Gasteiger partial charge in [-0.1, -0.05) is 33.1 Å². The van der Waals surface area contributed by atoms with Crippen molar-refractivity contribution in [2.75, 3.05) is 31.1 Å². The lowest BCUT2D eigenvalue weighted by atomic mass is 9.95. The summed E-state index contributed by atoms with van der Waals surface area (Å²) in [7, 11) is -2.82. The van der Waals surface area contributed by atoms with Crippen LogP contribution in [0.3, 0.4) is 0 Å². The number of hydrogen-bond donors (Lipinski definition) is 1. The van der Waals surface area contributed by atoms with Gasteiger partial charge in [0.15, 0.2) is 15.8 Å². The number of guanidine groups is 1. The Balaban J connectivity index is 1.62. The molecule has 2 aliphatic heterocycles. The quantitative estimate of drug-likeness (QED) is 0.585. The summed E-state index contributed by atoms with van der Waals surface area (Å²) in [5.74, 6) is 3.43. The largest absolute Gasteiger partial charge is 0.354 e. The Hall–Kier alpha value is -0.780. The molecule has 5 nitrogen and oxygen atoms in total. The maximum absolute atomic E-state index is 11.7. The van der Waals surface area contributed by atoms with Crippen LogP contribution < -0.4 is 5.32 Å². The molecule has 26 heavy (non-hydrogen) atoms. The van der Waals surface area contributed by atoms with Gasteiger partial charge in [0.2, 0.25) is 0 Å². The Morgan fingerprint density at radius 3 is 2.54 bits per heavy atom. The number of nitrogens with one attached hydrogen (secondary N) is 1. The third-order valence-electron chi connectivity index (χ3n) is 6.15. The van der Waals surface area contributed by atoms with E-state index in [-0.39, 0.29) is 5.92 Å². The molecule has 3 rings (SSSR count). The van der Waals surface area contributed by atoms with E-state index >= 15 is 0 Å². The molecule has 0 bridgehead atoms. The van der Waals surface area contributed by atoms with Crippen LogP contribution in [0.15, 0.2) is 4.99 Å². The van der Waals surface area contributed by atoms with E-state index in [0.717, 1.165) is 37.3 Å². The number of sulfone groups is 1. The van der Waals surface area contributed by atoms with Crippen LogP contribution in [0.4, 0.5) is 0 Å². The fourth-order valence-electron chi connectivity index (χ4n) is 4.78. The van der Waals surface area contributed by atoms with Gasteiger partial charge in [-0.15, -0.1) is 0 Å². The highest BCUT2D eigenvalue weighted by atomic mass is 32.2. The fraction of sp³-hybridized carbons (Fsp3) is 0.950. The molecule has 1 N–H and O–H groups in total. The minimum atomic E-state index is -2.82. The van der Waals surface area contributed by atoms with Crippen molar-refractivity contribution in [2.24, 2.45) is 22.7 Å². The van der Waals surface area contributed by atoms with Crippen molar-refractivity contribution in [1.29, 1.82) is 0 Å². The summed E-state index contributed by atoms with van der Waals surface area (Å²) in [6.07, 6.45) is 9.75. The molecule has 0 spiro atoms. The second kappa shape index (κ2) is 8.94. The average molecular weight is 384 g/mol. The third kappa shape index (κ3) is 5.86. The lowest BCUT2D eigenvalue weighted by Crippen LogP contribution is -2.46. The Morgan fingerprint density at radius 1 is 1.12 bits per heavy atom. The Kier molecular flexibility index (Phi) is 6.87. The van der Waals surface area contributed by atoms with Crippen LogP contribution in [0.1, 0.15) is 65.2 Å². The summed E-state index contributed by atoms with van der Waals surface area (Å²) in [6, 6.07) is 0.541. The minimum absolute atomic E-state index is 0.206. The average Bonchev–Trinajstić information content (AvgIpc) is 3.18. The van der Waals surface area contributed by atoms with E-state index in [1.165, 1.54) is 44.9 Å². The number of nitrogens with zero attached hydrogens (tertiary/aromatic N) is 2. The first-order valence-electron chi connectivity index (χ1n) is 10.7. The molecule has 0 aromatic carbocycles. The van der Waals surface area contributed by atoms with Crippen molar-refractivity contribution < 1.29 is 8.42 Å². The molecule has 3 fully saturated rings. The van der Waals surface area contributed by atoms with Crippen LogP contribution in [0.5, 0.6) is 0 Å². The summed E-state index contributed by atoms with van der Waals surface area (Å²) in [5, 5.41) is 3.74. The Bertz CT molecular complexity index is 582. The van der Waals surface area contributed by atoms with Crippen LogP contribution in [0.25, 0.3) is 0 Å². The van der Waals surface area contributed by atoms with Crippen molar-refractivity contribution in [3.05, 3.63) is 0 Å². The first-order valence-corrected chi connectivity index (χ1v) is 12.5. The highest BCUT2D eigenvalue weighted by molar-refractivity contribution is 7.91. The lowest BCUT2D eigenvalue weighted by molar-refractivity contribution is 0.374. The van der Waals surface area contributed by atoms with Crippen molar-refractivity contribution in [2.45, 2.75) is 71.3 Å². The summed E-state index contributed by atoms with van der Waals surface area (Å²) in [5.41, 5.74) is 0. The smallest absolute Gasteiger partial charge is 0.194 e. The van der Waals surface area contributed by atoms with E-state index in [1.54, 1.807) is 0 Å². The van der Waals surface area contributed by atoms with Gasteiger partial charge >= 0.3 is 0 Å². The summed E-state index contributed by atoms with van der Waals surface area (Å²) in [6.45, 7) is 7.44. The highest BCUT2D eigenvalue weighted by Gasteiger charge is 2.30. The number of aliphatic imine (C=N–C) groups is 1. The summed E-state index contributed by atoms with van der Waals surface area (Å²) in [4.78, 5) is 7.36. The maximum atomic E-state index is 11.7. The Labute approximate surface area is 159 Å². The molecule has 0 aromatic rings. The van der Waals surface area contributed by atoms with Gasteiger partial charge in [0.05, 0.1) is 11.5 Å². The molecule has 2 saturated heterocycles. The zero-order valence-corrected chi connectivity index (χ0v) is 17.4. The fourth-order valence-corrected chi connectivity index (χ4v) is 6.63. The molecule has 6 heteroatoms. The summed E-state index contributed by atoms with van der Waals surface area (Å²) < 4.78 is 23.5. The van der Waals surface area contributed by atoms with Crippen molar-refractivity contribution in [3.8, 4) is 0 Å². The molecular weight excluding hydrogens is 346 g/mol. The molecule has 0 aromatic heterocycles. The van der Waals surface area contributed by atoms with Crippen LogP contribution in [-0.4, -0.2) is 56.5 Å². The molecule has 0 radical (unpaired) electrons. The standard InChI is InChI=1S/C20H37N3O2S/c1-16(2)12-17-8-10-23(14-17)20(22-19-6-4-3-5-7-19)21-13-18-9-11-26(24,25)15-18/h16-19H,3-15H2,1-2H3,(H,21,22). The molecule has 3 aliphatic rings. The van der Waals surface area contributed by atoms with Gasteiger partial charge in [0, 0.05) is 25.7 Å². The van der Waals surface area contributed by atoms with E-state index in [4.69, 9.17) is 4.99 Å². The molecule has 2 atom stereocenters. The lowest BCUT2D eigenvalue weighted by Gasteiger charge is -2.29. The van der Waals surface area contributed by atoms with Gasteiger partial charge in [0.25, 0.3) is 0 Å². The second-order valence-corrected chi connectivity index (χ2v) is 11.4. The molecular formula is C20H37N3O2S. The van der Waals surface area contributed by atoms with Gasteiger partial charge in [-0.2, -0.15) is 0 Å². The van der Waals surface area contributed by atoms with Crippen molar-refractivity contribution >= 4 is 15.8 Å². The van der Waals surface area contributed by atoms with E-state index in [9.17, 15) is 8.42 Å². The maximum Gasteiger partial charge on any atom is 0.194 e. The molecule has 150 valence electrons. The van der Waals surface area contributed by atoms with E-state index in [0.29, 0.717) is 24.1 Å². The molecule has 2 heterocycles. The van der Waals surface area contributed by atoms with Crippen LogP contribution in [-0.2, 0) is 9.84 Å². The zero-order valence-electron chi connectivity index (χ0n) is 16.6. The minimum Gasteiger partial charge on any atom is -0.354 e. The van der Waals surface area contributed by atoms with Gasteiger partial charge in [-0.25, -0.2) is 8.42 Å². The normalized spacial score (nSPS) is 30.3. The van der Waals surface area contributed by atoms with Crippen LogP contribution >= 0.6 is 0 Å². The molecule has 1 saturated carbocycles. The van der Waals surface area contributed by atoms with Gasteiger partial charge in [0.1, 0.15) is 0 Å². The zero-order chi connectivity index (χ0) is 18.6. The number of hydrogen-bond acceptors (Lipinski definition) is 3. The van der Waals surface area contributed by atoms with E-state index in [2.05, 4.69) is 24.1 Å². The third-order valence-corrected chi connectivity index (χ3v) is 7.99. The molecule has 2 unspecified atom stereocenters. The Morgan fingerprint density at radius 2 is 1.88 bits per heavy atom. The van der Waals surface area contributed by atoms with Crippen LogP contribution in [0.2, 0.25) is 0 Å². The topological polar surface area (TPSA) is 61.8 Å².